The Morgan fingerprint density at radius 1 is 1.04 bits per heavy atom. The molecule has 3 rings (SSSR count). The molecule has 1 aliphatic rings. The van der Waals surface area contributed by atoms with E-state index in [9.17, 15) is 4.79 Å². The number of fused-ring (bicyclic) bond motifs is 1. The topological polar surface area (TPSA) is 50.8 Å². The Morgan fingerprint density at radius 3 is 2.37 bits per heavy atom. The zero-order valence-corrected chi connectivity index (χ0v) is 16.2. The number of nitrogens with one attached hydrogen (secondary N) is 1. The third kappa shape index (κ3) is 5.23. The average molecular weight is 368 g/mol. The summed E-state index contributed by atoms with van der Waals surface area (Å²) in [6, 6.07) is 14.1. The first-order valence-corrected chi connectivity index (χ1v) is 9.64. The summed E-state index contributed by atoms with van der Waals surface area (Å²) < 4.78 is 11.5. The van der Waals surface area contributed by atoms with Crippen molar-refractivity contribution in [3.63, 3.8) is 0 Å². The van der Waals surface area contributed by atoms with Gasteiger partial charge in [0.05, 0.1) is 19.8 Å². The van der Waals surface area contributed by atoms with Crippen LogP contribution in [0.15, 0.2) is 42.5 Å². The molecule has 1 N–H and O–H groups in total. The molecule has 0 saturated heterocycles. The molecule has 1 aliphatic heterocycles. The van der Waals surface area contributed by atoms with Crippen LogP contribution in [0.5, 0.6) is 11.5 Å². The predicted molar refractivity (Wildman–Crippen MR) is 106 cm³/mol. The number of hydrogen-bond donors (Lipinski definition) is 1. The maximum Gasteiger partial charge on any atom is 0.234 e. The summed E-state index contributed by atoms with van der Waals surface area (Å²) in [6.45, 7) is 7.76. The summed E-state index contributed by atoms with van der Waals surface area (Å²) in [5.74, 6) is 1.65. The van der Waals surface area contributed by atoms with Crippen molar-refractivity contribution < 1.29 is 14.3 Å². The van der Waals surface area contributed by atoms with Crippen LogP contribution < -0.4 is 14.8 Å². The van der Waals surface area contributed by atoms with Gasteiger partial charge < -0.3 is 14.8 Å². The van der Waals surface area contributed by atoms with Crippen molar-refractivity contribution in [2.75, 3.05) is 26.3 Å². The Hall–Kier alpha value is -2.53. The van der Waals surface area contributed by atoms with E-state index in [1.165, 1.54) is 11.1 Å². The molecule has 0 aromatic heterocycles. The van der Waals surface area contributed by atoms with Crippen LogP contribution in [-0.4, -0.2) is 37.1 Å². The minimum absolute atomic E-state index is 0.0540. The maximum absolute atomic E-state index is 12.3. The molecule has 1 heterocycles. The molecule has 144 valence electrons. The van der Waals surface area contributed by atoms with Crippen molar-refractivity contribution in [3.8, 4) is 11.5 Å². The fourth-order valence-electron chi connectivity index (χ4n) is 3.35. The number of hydrogen-bond acceptors (Lipinski definition) is 4. The number of amides is 1. The number of nitrogens with zero attached hydrogens (tertiary/aromatic N) is 1. The smallest absolute Gasteiger partial charge is 0.234 e. The fraction of sp³-hybridized carbons (Fsp3) is 0.409. The maximum atomic E-state index is 12.3. The highest BCUT2D eigenvalue weighted by molar-refractivity contribution is 5.78. The van der Waals surface area contributed by atoms with E-state index in [0.29, 0.717) is 26.3 Å². The van der Waals surface area contributed by atoms with E-state index < -0.39 is 0 Å². The first kappa shape index (κ1) is 19.2. The Bertz CT molecular complexity index is 762. The second-order valence-electron chi connectivity index (χ2n) is 6.66. The largest absolute Gasteiger partial charge is 0.490 e. The highest BCUT2D eigenvalue weighted by atomic mass is 16.5. The van der Waals surface area contributed by atoms with Gasteiger partial charge in [-0.05, 0) is 49.1 Å². The molecule has 0 saturated carbocycles. The second kappa shape index (κ2) is 9.42. The van der Waals surface area contributed by atoms with E-state index in [-0.39, 0.29) is 5.91 Å². The highest BCUT2D eigenvalue weighted by Crippen LogP contribution is 2.33. The zero-order valence-electron chi connectivity index (χ0n) is 16.2. The number of carbonyl (C=O) groups excluding carboxylic acids is 1. The lowest BCUT2D eigenvalue weighted by Gasteiger charge is -2.29. The average Bonchev–Trinajstić information content (AvgIpc) is 2.68. The van der Waals surface area contributed by atoms with Gasteiger partial charge in [0.2, 0.25) is 5.91 Å². The summed E-state index contributed by atoms with van der Waals surface area (Å²) in [7, 11) is 0. The molecule has 2 aromatic carbocycles. The van der Waals surface area contributed by atoms with Crippen molar-refractivity contribution in [2.24, 2.45) is 0 Å². The molecule has 0 aliphatic carbocycles. The van der Waals surface area contributed by atoms with E-state index in [2.05, 4.69) is 22.3 Å². The molecule has 0 spiro atoms. The minimum atomic E-state index is 0.0540. The molecule has 5 heteroatoms. The Morgan fingerprint density at radius 2 is 1.70 bits per heavy atom. The fourth-order valence-corrected chi connectivity index (χ4v) is 3.35. The van der Waals surface area contributed by atoms with E-state index in [1.54, 1.807) is 0 Å². The summed E-state index contributed by atoms with van der Waals surface area (Å²) >= 11 is 0. The van der Waals surface area contributed by atoms with Crippen LogP contribution in [0.1, 0.15) is 30.5 Å². The van der Waals surface area contributed by atoms with Crippen LogP contribution in [0.2, 0.25) is 0 Å². The summed E-state index contributed by atoms with van der Waals surface area (Å²) in [5, 5.41) is 3.00. The summed E-state index contributed by atoms with van der Waals surface area (Å²) in [6.07, 6.45) is 0.910. The van der Waals surface area contributed by atoms with Gasteiger partial charge in [0.25, 0.3) is 0 Å². The Kier molecular flexibility index (Phi) is 6.71. The summed E-state index contributed by atoms with van der Waals surface area (Å²) in [4.78, 5) is 14.5. The lowest BCUT2D eigenvalue weighted by atomic mass is 9.98. The first-order chi connectivity index (χ1) is 13.2. The van der Waals surface area contributed by atoms with Crippen molar-refractivity contribution >= 4 is 5.91 Å². The molecule has 5 nitrogen and oxygen atoms in total. The van der Waals surface area contributed by atoms with Crippen molar-refractivity contribution in [1.82, 2.24) is 10.2 Å². The predicted octanol–water partition coefficient (Wildman–Crippen LogP) is 3.16. The molecule has 1 amide bonds. The molecule has 27 heavy (non-hydrogen) atoms. The van der Waals surface area contributed by atoms with Crippen LogP contribution in [0.3, 0.4) is 0 Å². The number of benzene rings is 2. The van der Waals surface area contributed by atoms with Gasteiger partial charge in [0, 0.05) is 19.6 Å². The van der Waals surface area contributed by atoms with Gasteiger partial charge in [-0.1, -0.05) is 30.3 Å². The molecular weight excluding hydrogens is 340 g/mol. The molecule has 0 unspecified atom stereocenters. The molecule has 0 bridgehead atoms. The standard InChI is InChI=1S/C22H28N2O3/c1-3-26-20-12-18-10-11-24(15-19(18)13-21(20)27-4-2)16-22(25)23-14-17-8-6-5-7-9-17/h5-9,12-13H,3-4,10-11,14-16H2,1-2H3,(H,23,25). The van der Waals surface area contributed by atoms with E-state index in [4.69, 9.17) is 9.47 Å². The van der Waals surface area contributed by atoms with Crippen molar-refractivity contribution in [3.05, 3.63) is 59.2 Å². The quantitative estimate of drug-likeness (QED) is 0.778. The minimum Gasteiger partial charge on any atom is -0.490 e. The van der Waals surface area contributed by atoms with E-state index in [0.717, 1.165) is 36.6 Å². The van der Waals surface area contributed by atoms with Crippen LogP contribution >= 0.6 is 0 Å². The normalized spacial score (nSPS) is 13.7. The molecule has 2 aromatic rings. The number of ether oxygens (including phenoxy) is 2. The lowest BCUT2D eigenvalue weighted by Crippen LogP contribution is -2.39. The third-order valence-corrected chi connectivity index (χ3v) is 4.66. The van der Waals surface area contributed by atoms with Crippen molar-refractivity contribution in [2.45, 2.75) is 33.4 Å². The number of carbonyl (C=O) groups is 1. The summed E-state index contributed by atoms with van der Waals surface area (Å²) in [5.41, 5.74) is 3.60. The Balaban J connectivity index is 1.60. The van der Waals surface area contributed by atoms with Crippen LogP contribution in [0, 0.1) is 0 Å². The van der Waals surface area contributed by atoms with Gasteiger partial charge in [0.1, 0.15) is 0 Å². The van der Waals surface area contributed by atoms with Gasteiger partial charge in [-0.2, -0.15) is 0 Å². The van der Waals surface area contributed by atoms with E-state index >= 15 is 0 Å². The van der Waals surface area contributed by atoms with Gasteiger partial charge in [-0.25, -0.2) is 0 Å². The number of rotatable bonds is 8. The Labute approximate surface area is 161 Å². The SMILES string of the molecule is CCOc1cc2c(cc1OCC)CN(CC(=O)NCc1ccccc1)CC2. The first-order valence-electron chi connectivity index (χ1n) is 9.64. The lowest BCUT2D eigenvalue weighted by molar-refractivity contribution is -0.122. The van der Waals surface area contributed by atoms with Crippen LogP contribution in [0.4, 0.5) is 0 Å². The van der Waals surface area contributed by atoms with Gasteiger partial charge in [-0.15, -0.1) is 0 Å². The van der Waals surface area contributed by atoms with Gasteiger partial charge in [0.15, 0.2) is 11.5 Å². The molecule has 0 radical (unpaired) electrons. The zero-order chi connectivity index (χ0) is 19.1. The molecule has 0 fully saturated rings. The highest BCUT2D eigenvalue weighted by Gasteiger charge is 2.21. The second-order valence-corrected chi connectivity index (χ2v) is 6.66. The molecular formula is C22H28N2O3. The van der Waals surface area contributed by atoms with Crippen molar-refractivity contribution in [1.29, 1.82) is 0 Å². The van der Waals surface area contributed by atoms with E-state index in [1.807, 2.05) is 44.2 Å². The van der Waals surface area contributed by atoms with Gasteiger partial charge >= 0.3 is 0 Å². The van der Waals surface area contributed by atoms with Crippen LogP contribution in [0.25, 0.3) is 0 Å². The van der Waals surface area contributed by atoms with Crippen LogP contribution in [-0.2, 0) is 24.3 Å². The monoisotopic (exact) mass is 368 g/mol. The van der Waals surface area contributed by atoms with Gasteiger partial charge in [-0.3, -0.25) is 9.69 Å². The molecule has 0 atom stereocenters. The third-order valence-electron chi connectivity index (χ3n) is 4.66.